The summed E-state index contributed by atoms with van der Waals surface area (Å²) in [6.45, 7) is 4.10. The van der Waals surface area contributed by atoms with E-state index in [9.17, 15) is 9.90 Å². The van der Waals surface area contributed by atoms with Crippen LogP contribution in [0.25, 0.3) is 0 Å². The number of carbonyl (C=O) groups excluding carboxylic acids is 1. The molecule has 17 heavy (non-hydrogen) atoms. The van der Waals surface area contributed by atoms with Gasteiger partial charge in [0.1, 0.15) is 0 Å². The summed E-state index contributed by atoms with van der Waals surface area (Å²) < 4.78 is 10.4. The number of esters is 1. The number of ether oxygens (including phenoxy) is 2. The van der Waals surface area contributed by atoms with Crippen molar-refractivity contribution in [3.05, 3.63) is 0 Å². The van der Waals surface area contributed by atoms with Gasteiger partial charge in [-0.2, -0.15) is 0 Å². The molecule has 0 aromatic heterocycles. The quantitative estimate of drug-likeness (QED) is 0.750. The van der Waals surface area contributed by atoms with Gasteiger partial charge in [0.2, 0.25) is 0 Å². The van der Waals surface area contributed by atoms with Gasteiger partial charge in [-0.1, -0.05) is 6.92 Å². The Balaban J connectivity index is 2.26. The van der Waals surface area contributed by atoms with Crippen LogP contribution in [-0.4, -0.2) is 36.5 Å². The van der Waals surface area contributed by atoms with Crippen LogP contribution in [0.1, 0.15) is 46.0 Å². The van der Waals surface area contributed by atoms with Crippen molar-refractivity contribution in [1.82, 2.24) is 0 Å². The molecule has 0 heterocycles. The fourth-order valence-corrected chi connectivity index (χ4v) is 2.03. The molecule has 0 aliphatic heterocycles. The van der Waals surface area contributed by atoms with Gasteiger partial charge in [-0.3, -0.25) is 4.79 Å². The number of aliphatic hydroxyl groups is 1. The number of methoxy groups -OCH3 is 1. The molecule has 0 bridgehead atoms. The Bertz CT molecular complexity index is 242. The van der Waals surface area contributed by atoms with Gasteiger partial charge in [0.05, 0.1) is 31.3 Å². The van der Waals surface area contributed by atoms with Crippen molar-refractivity contribution in [2.75, 3.05) is 13.7 Å². The lowest BCUT2D eigenvalue weighted by Crippen LogP contribution is -2.34. The molecule has 0 radical (unpaired) electrons. The zero-order chi connectivity index (χ0) is 12.9. The van der Waals surface area contributed by atoms with Gasteiger partial charge in [0, 0.05) is 0 Å². The van der Waals surface area contributed by atoms with E-state index in [1.54, 1.807) is 6.92 Å². The van der Waals surface area contributed by atoms with E-state index in [4.69, 9.17) is 9.47 Å². The van der Waals surface area contributed by atoms with E-state index < -0.39 is 5.60 Å². The zero-order valence-electron chi connectivity index (χ0n) is 11.1. The average molecular weight is 244 g/mol. The Labute approximate surface area is 103 Å². The maximum atomic E-state index is 11.3. The number of hydrogen-bond acceptors (Lipinski definition) is 4. The number of carbonyl (C=O) groups is 1. The first-order valence-corrected chi connectivity index (χ1v) is 6.40. The minimum Gasteiger partial charge on any atom is -0.469 e. The van der Waals surface area contributed by atoms with Crippen molar-refractivity contribution in [3.63, 3.8) is 0 Å². The van der Waals surface area contributed by atoms with E-state index in [0.717, 1.165) is 25.7 Å². The smallest absolute Gasteiger partial charge is 0.308 e. The molecular weight excluding hydrogens is 220 g/mol. The molecule has 1 aliphatic rings. The van der Waals surface area contributed by atoms with Crippen molar-refractivity contribution in [2.24, 2.45) is 5.92 Å². The van der Waals surface area contributed by atoms with Gasteiger partial charge < -0.3 is 14.6 Å². The van der Waals surface area contributed by atoms with Crippen molar-refractivity contribution in [1.29, 1.82) is 0 Å². The molecular formula is C13H24O4. The molecule has 1 saturated carbocycles. The van der Waals surface area contributed by atoms with Crippen molar-refractivity contribution in [3.8, 4) is 0 Å². The molecule has 1 aliphatic carbocycles. The lowest BCUT2D eigenvalue weighted by molar-refractivity contribution is -0.148. The summed E-state index contributed by atoms with van der Waals surface area (Å²) in [5.74, 6) is -0.0736. The molecule has 0 aromatic rings. The standard InChI is InChI=1S/C13H24O4/c1-4-13(2,15)9-17-11-7-5-10(6-8-11)12(14)16-3/h10-11,15H,4-9H2,1-3H3. The third kappa shape index (κ3) is 4.64. The summed E-state index contributed by atoms with van der Waals surface area (Å²) in [5.41, 5.74) is -0.737. The van der Waals surface area contributed by atoms with Crippen LogP contribution in [0.2, 0.25) is 0 Å². The Morgan fingerprint density at radius 1 is 1.35 bits per heavy atom. The molecule has 1 fully saturated rings. The molecule has 0 amide bonds. The maximum Gasteiger partial charge on any atom is 0.308 e. The van der Waals surface area contributed by atoms with Crippen LogP contribution in [0, 0.1) is 5.92 Å². The fourth-order valence-electron chi connectivity index (χ4n) is 2.03. The summed E-state index contributed by atoms with van der Waals surface area (Å²) in [6, 6.07) is 0. The van der Waals surface area contributed by atoms with Crippen LogP contribution < -0.4 is 0 Å². The minimum absolute atomic E-state index is 0.0338. The first-order valence-electron chi connectivity index (χ1n) is 6.40. The second-order valence-corrected chi connectivity index (χ2v) is 5.16. The Morgan fingerprint density at radius 3 is 2.41 bits per heavy atom. The van der Waals surface area contributed by atoms with Gasteiger partial charge in [-0.25, -0.2) is 0 Å². The molecule has 4 nitrogen and oxygen atoms in total. The van der Waals surface area contributed by atoms with E-state index in [1.165, 1.54) is 7.11 Å². The van der Waals surface area contributed by atoms with E-state index in [2.05, 4.69) is 0 Å². The lowest BCUT2D eigenvalue weighted by atomic mass is 9.87. The second kappa shape index (κ2) is 6.36. The minimum atomic E-state index is -0.737. The Morgan fingerprint density at radius 2 is 1.94 bits per heavy atom. The molecule has 100 valence electrons. The lowest BCUT2D eigenvalue weighted by Gasteiger charge is -2.30. The zero-order valence-corrected chi connectivity index (χ0v) is 11.1. The third-order valence-electron chi connectivity index (χ3n) is 3.60. The average Bonchev–Trinajstić information content (AvgIpc) is 2.36. The predicted octanol–water partition coefficient (Wildman–Crippen LogP) is 1.90. The summed E-state index contributed by atoms with van der Waals surface area (Å²) in [4.78, 5) is 11.3. The summed E-state index contributed by atoms with van der Waals surface area (Å²) in [5, 5.41) is 9.83. The molecule has 0 aromatic carbocycles. The van der Waals surface area contributed by atoms with Crippen molar-refractivity contribution < 1.29 is 19.4 Å². The molecule has 0 spiro atoms. The third-order valence-corrected chi connectivity index (χ3v) is 3.60. The van der Waals surface area contributed by atoms with Gasteiger partial charge >= 0.3 is 5.97 Å². The highest BCUT2D eigenvalue weighted by molar-refractivity contribution is 5.72. The van der Waals surface area contributed by atoms with E-state index >= 15 is 0 Å². The molecule has 1 rings (SSSR count). The first-order chi connectivity index (χ1) is 7.98. The van der Waals surface area contributed by atoms with Crippen LogP contribution in [0.5, 0.6) is 0 Å². The highest BCUT2D eigenvalue weighted by atomic mass is 16.5. The Kier molecular flexibility index (Phi) is 5.40. The van der Waals surface area contributed by atoms with Crippen LogP contribution in [0.3, 0.4) is 0 Å². The van der Waals surface area contributed by atoms with Crippen molar-refractivity contribution in [2.45, 2.75) is 57.7 Å². The van der Waals surface area contributed by atoms with Gasteiger partial charge in [0.15, 0.2) is 0 Å². The molecule has 4 heteroatoms. The SMILES string of the molecule is CCC(C)(O)COC1CCC(C(=O)OC)CC1. The topological polar surface area (TPSA) is 55.8 Å². The van der Waals surface area contributed by atoms with E-state index in [1.807, 2.05) is 6.92 Å². The largest absolute Gasteiger partial charge is 0.469 e. The number of rotatable bonds is 5. The fraction of sp³-hybridized carbons (Fsp3) is 0.923. The maximum absolute atomic E-state index is 11.3. The molecule has 1 atom stereocenters. The summed E-state index contributed by atoms with van der Waals surface area (Å²) in [6.07, 6.45) is 4.26. The monoisotopic (exact) mass is 244 g/mol. The van der Waals surface area contributed by atoms with Crippen LogP contribution in [-0.2, 0) is 14.3 Å². The first kappa shape index (κ1) is 14.5. The normalized spacial score (nSPS) is 28.5. The van der Waals surface area contributed by atoms with Crippen LogP contribution >= 0.6 is 0 Å². The van der Waals surface area contributed by atoms with E-state index in [-0.39, 0.29) is 18.0 Å². The van der Waals surface area contributed by atoms with E-state index in [0.29, 0.717) is 13.0 Å². The number of hydrogen-bond donors (Lipinski definition) is 1. The molecule has 0 saturated heterocycles. The second-order valence-electron chi connectivity index (χ2n) is 5.16. The van der Waals surface area contributed by atoms with Gasteiger partial charge in [0.25, 0.3) is 0 Å². The highest BCUT2D eigenvalue weighted by Gasteiger charge is 2.28. The Hall–Kier alpha value is -0.610. The van der Waals surface area contributed by atoms with Crippen molar-refractivity contribution >= 4 is 5.97 Å². The van der Waals surface area contributed by atoms with Crippen LogP contribution in [0.15, 0.2) is 0 Å². The predicted molar refractivity (Wildman–Crippen MR) is 64.6 cm³/mol. The van der Waals surface area contributed by atoms with Crippen LogP contribution in [0.4, 0.5) is 0 Å². The highest BCUT2D eigenvalue weighted by Crippen LogP contribution is 2.27. The molecule has 1 N–H and O–H groups in total. The summed E-state index contributed by atoms with van der Waals surface area (Å²) >= 11 is 0. The van der Waals surface area contributed by atoms with Gasteiger partial charge in [-0.05, 0) is 39.0 Å². The van der Waals surface area contributed by atoms with Gasteiger partial charge in [-0.15, -0.1) is 0 Å². The summed E-state index contributed by atoms with van der Waals surface area (Å²) in [7, 11) is 1.43. The molecule has 1 unspecified atom stereocenters.